The maximum Gasteiger partial charge on any atom is 0.152 e. The Hall–Kier alpha value is -1.88. The molecule has 1 rings (SSSR count). The van der Waals surface area contributed by atoms with E-state index in [0.29, 0.717) is 49.2 Å². The minimum Gasteiger partial charge on any atom is -0.494 e. The lowest BCUT2D eigenvalue weighted by Gasteiger charge is -2.07. The van der Waals surface area contributed by atoms with Crippen LogP contribution >= 0.6 is 0 Å². The fourth-order valence-corrected chi connectivity index (χ4v) is 2.11. The molecule has 0 spiro atoms. The molecular weight excluding hydrogens is 294 g/mol. The fourth-order valence-electron chi connectivity index (χ4n) is 2.11. The number of aldehydes is 1. The van der Waals surface area contributed by atoms with Crippen molar-refractivity contribution in [2.45, 2.75) is 45.4 Å². The molecule has 0 amide bonds. The zero-order valence-corrected chi connectivity index (χ0v) is 13.9. The number of nitrogens with two attached hydrogens (primary N) is 1. The topological polar surface area (TPSA) is 78.6 Å². The molecule has 0 atom stereocenters. The Morgan fingerprint density at radius 2 is 1.91 bits per heavy atom. The molecule has 2 N–H and O–H groups in total. The highest BCUT2D eigenvalue weighted by molar-refractivity contribution is 5.83. The van der Waals surface area contributed by atoms with Crippen molar-refractivity contribution in [3.8, 4) is 5.75 Å². The van der Waals surface area contributed by atoms with E-state index in [4.69, 9.17) is 15.2 Å². The van der Waals surface area contributed by atoms with E-state index in [2.05, 4.69) is 6.92 Å². The summed E-state index contributed by atoms with van der Waals surface area (Å²) in [4.78, 5) is 22.4. The van der Waals surface area contributed by atoms with E-state index in [1.165, 1.54) is 0 Å². The largest absolute Gasteiger partial charge is 0.494 e. The summed E-state index contributed by atoms with van der Waals surface area (Å²) in [7, 11) is 0. The molecule has 0 fully saturated rings. The minimum absolute atomic E-state index is 0.264. The quantitative estimate of drug-likeness (QED) is 0.342. The van der Waals surface area contributed by atoms with Gasteiger partial charge in [-0.1, -0.05) is 6.92 Å². The number of unbranched alkanes of at least 4 members (excludes halogenated alkanes) is 1. The lowest BCUT2D eigenvalue weighted by molar-refractivity contribution is -0.119. The highest BCUT2D eigenvalue weighted by Gasteiger charge is 2.04. The molecule has 0 saturated carbocycles. The lowest BCUT2D eigenvalue weighted by atomic mass is 10.1. The van der Waals surface area contributed by atoms with Gasteiger partial charge in [0, 0.05) is 43.4 Å². The predicted octanol–water partition coefficient (Wildman–Crippen LogP) is 3.41. The highest BCUT2D eigenvalue weighted by atomic mass is 16.5. The van der Waals surface area contributed by atoms with Crippen LogP contribution < -0.4 is 10.5 Å². The number of hydrogen-bond acceptors (Lipinski definition) is 5. The molecule has 0 aliphatic carbocycles. The zero-order valence-electron chi connectivity index (χ0n) is 13.9. The predicted molar refractivity (Wildman–Crippen MR) is 90.9 cm³/mol. The molecule has 1 aromatic carbocycles. The van der Waals surface area contributed by atoms with Gasteiger partial charge in [0.05, 0.1) is 6.61 Å². The van der Waals surface area contributed by atoms with Crippen LogP contribution in [0, 0.1) is 0 Å². The van der Waals surface area contributed by atoms with Crippen molar-refractivity contribution < 1.29 is 19.1 Å². The molecule has 0 aliphatic heterocycles. The molecule has 0 aromatic heterocycles. The molecule has 1 aromatic rings. The van der Waals surface area contributed by atoms with Gasteiger partial charge in [0.1, 0.15) is 11.5 Å². The number of carbonyl (C=O) groups is 2. The van der Waals surface area contributed by atoms with Gasteiger partial charge in [0.25, 0.3) is 0 Å². The fraction of sp³-hybridized carbons (Fsp3) is 0.556. The molecule has 0 bridgehead atoms. The van der Waals surface area contributed by atoms with Crippen molar-refractivity contribution in [1.29, 1.82) is 0 Å². The van der Waals surface area contributed by atoms with Crippen LogP contribution in [-0.4, -0.2) is 31.9 Å². The molecule has 0 radical (unpaired) electrons. The average Bonchev–Trinajstić information content (AvgIpc) is 2.55. The van der Waals surface area contributed by atoms with E-state index in [9.17, 15) is 9.59 Å². The van der Waals surface area contributed by atoms with E-state index >= 15 is 0 Å². The Morgan fingerprint density at radius 3 is 2.61 bits per heavy atom. The summed E-state index contributed by atoms with van der Waals surface area (Å²) in [5.74, 6) is 0.883. The highest BCUT2D eigenvalue weighted by Crippen LogP contribution is 2.18. The summed E-state index contributed by atoms with van der Waals surface area (Å²) in [5.41, 5.74) is 6.56. The normalized spacial score (nSPS) is 10.5. The Bertz CT molecular complexity index is 488. The van der Waals surface area contributed by atoms with Crippen molar-refractivity contribution >= 4 is 17.8 Å². The Labute approximate surface area is 138 Å². The Balaban J connectivity index is 2.09. The van der Waals surface area contributed by atoms with Gasteiger partial charge in [0.15, 0.2) is 6.29 Å². The minimum atomic E-state index is 0.264. The van der Waals surface area contributed by atoms with Gasteiger partial charge < -0.3 is 15.2 Å². The molecule has 23 heavy (non-hydrogen) atoms. The first kappa shape index (κ1) is 19.2. The number of rotatable bonds is 13. The summed E-state index contributed by atoms with van der Waals surface area (Å²) in [6.07, 6.45) is 5.37. The summed E-state index contributed by atoms with van der Waals surface area (Å²) < 4.78 is 10.9. The molecular formula is C18H27NO4. The van der Waals surface area contributed by atoms with Gasteiger partial charge in [-0.25, -0.2) is 0 Å². The number of Topliss-reactive ketones (excluding diaryl/α,β-unsaturated/α-hetero) is 1. The van der Waals surface area contributed by atoms with E-state index in [1.807, 2.05) is 0 Å². The van der Waals surface area contributed by atoms with Crippen molar-refractivity contribution in [3.05, 3.63) is 23.8 Å². The smallest absolute Gasteiger partial charge is 0.152 e. The molecule has 0 heterocycles. The molecule has 0 saturated heterocycles. The summed E-state index contributed by atoms with van der Waals surface area (Å²) in [6, 6.07) is 4.96. The summed E-state index contributed by atoms with van der Waals surface area (Å²) >= 11 is 0. The van der Waals surface area contributed by atoms with Crippen LogP contribution in [0.25, 0.3) is 0 Å². The van der Waals surface area contributed by atoms with Gasteiger partial charge in [-0.3, -0.25) is 9.59 Å². The number of anilines is 1. The number of hydrogen-bond donors (Lipinski definition) is 1. The Morgan fingerprint density at radius 1 is 1.13 bits per heavy atom. The summed E-state index contributed by atoms with van der Waals surface area (Å²) in [6.45, 7) is 4.08. The van der Waals surface area contributed by atoms with Gasteiger partial charge >= 0.3 is 0 Å². The molecule has 5 nitrogen and oxygen atoms in total. The van der Waals surface area contributed by atoms with Crippen LogP contribution in [0.5, 0.6) is 5.75 Å². The Kier molecular flexibility index (Phi) is 9.71. The van der Waals surface area contributed by atoms with Crippen LogP contribution in [0.3, 0.4) is 0 Å². The lowest BCUT2D eigenvalue weighted by Crippen LogP contribution is -2.04. The third-order valence-electron chi connectivity index (χ3n) is 3.40. The second kappa shape index (κ2) is 11.7. The third-order valence-corrected chi connectivity index (χ3v) is 3.40. The van der Waals surface area contributed by atoms with Crippen molar-refractivity contribution in [1.82, 2.24) is 0 Å². The number of carbonyl (C=O) groups excluding carboxylic acids is 2. The van der Waals surface area contributed by atoms with E-state index in [0.717, 1.165) is 32.5 Å². The first-order chi connectivity index (χ1) is 11.2. The van der Waals surface area contributed by atoms with Crippen LogP contribution in [0.1, 0.15) is 55.8 Å². The standard InChI is InChI=1S/C18H27NO4/c1-2-10-22-11-4-3-6-16(21)7-5-12-23-17-9-8-15(14-20)18(19)13-17/h8-9,13-14H,2-7,10-12,19H2,1H3. The molecule has 5 heteroatoms. The van der Waals surface area contributed by atoms with Crippen LogP contribution in [0.4, 0.5) is 5.69 Å². The van der Waals surface area contributed by atoms with Crippen LogP contribution in [0.2, 0.25) is 0 Å². The van der Waals surface area contributed by atoms with E-state index < -0.39 is 0 Å². The van der Waals surface area contributed by atoms with Crippen LogP contribution in [-0.2, 0) is 9.53 Å². The maximum absolute atomic E-state index is 11.7. The number of ether oxygens (including phenoxy) is 2. The maximum atomic E-state index is 11.7. The zero-order chi connectivity index (χ0) is 16.9. The molecule has 0 aliphatic rings. The first-order valence-electron chi connectivity index (χ1n) is 8.24. The number of nitrogen functional groups attached to an aromatic ring is 1. The second-order valence-corrected chi connectivity index (χ2v) is 5.47. The number of ketones is 1. The number of benzene rings is 1. The van der Waals surface area contributed by atoms with E-state index in [1.54, 1.807) is 18.2 Å². The summed E-state index contributed by atoms with van der Waals surface area (Å²) in [5, 5.41) is 0. The van der Waals surface area contributed by atoms with Crippen molar-refractivity contribution in [2.75, 3.05) is 25.6 Å². The SMILES string of the molecule is CCCOCCCCC(=O)CCCOc1ccc(C=O)c(N)c1. The molecule has 128 valence electrons. The van der Waals surface area contributed by atoms with E-state index in [-0.39, 0.29) is 5.78 Å². The van der Waals surface area contributed by atoms with Gasteiger partial charge in [0.2, 0.25) is 0 Å². The first-order valence-corrected chi connectivity index (χ1v) is 8.24. The van der Waals surface area contributed by atoms with Gasteiger partial charge in [-0.2, -0.15) is 0 Å². The average molecular weight is 321 g/mol. The molecule has 0 unspecified atom stereocenters. The monoisotopic (exact) mass is 321 g/mol. The van der Waals surface area contributed by atoms with Gasteiger partial charge in [-0.05, 0) is 37.8 Å². The van der Waals surface area contributed by atoms with Crippen LogP contribution in [0.15, 0.2) is 18.2 Å². The van der Waals surface area contributed by atoms with Gasteiger partial charge in [-0.15, -0.1) is 0 Å². The van der Waals surface area contributed by atoms with Crippen molar-refractivity contribution in [3.63, 3.8) is 0 Å². The third kappa shape index (κ3) is 8.35. The second-order valence-electron chi connectivity index (χ2n) is 5.47. The van der Waals surface area contributed by atoms with Crippen molar-refractivity contribution in [2.24, 2.45) is 0 Å².